The van der Waals surface area contributed by atoms with Crippen LogP contribution in [-0.2, 0) is 23.7 Å². The maximum atomic E-state index is 12.7. The molecule has 7 N–H and O–H groups in total. The first-order valence-corrected chi connectivity index (χ1v) is 11.4. The maximum Gasteiger partial charge on any atom is 0.331 e. The summed E-state index contributed by atoms with van der Waals surface area (Å²) in [7, 11) is 0. The molecule has 2 aliphatic heterocycles. The van der Waals surface area contributed by atoms with Gasteiger partial charge in [0.1, 0.15) is 41.4 Å². The van der Waals surface area contributed by atoms with E-state index in [2.05, 4.69) is 0 Å². The Labute approximate surface area is 206 Å². The number of aliphatic hydroxyl groups excluding tert-OH is 5. The van der Waals surface area contributed by atoms with E-state index < -0.39 is 72.8 Å². The van der Waals surface area contributed by atoms with Crippen molar-refractivity contribution in [2.75, 3.05) is 6.61 Å². The second-order valence-electron chi connectivity index (χ2n) is 9.38. The zero-order chi connectivity index (χ0) is 26.3. The molecule has 10 atom stereocenters. The van der Waals surface area contributed by atoms with Crippen LogP contribution >= 0.6 is 0 Å². The number of carbonyl (C=O) groups excluding carboxylic acids is 1. The van der Waals surface area contributed by atoms with E-state index in [1.807, 2.05) is 0 Å². The molecule has 0 unspecified atom stereocenters. The summed E-state index contributed by atoms with van der Waals surface area (Å²) in [6.45, 7) is 0.808. The average molecular weight is 510 g/mol. The van der Waals surface area contributed by atoms with E-state index in [1.165, 1.54) is 31.2 Å². The molecule has 0 radical (unpaired) electrons. The zero-order valence-electron chi connectivity index (χ0n) is 19.3. The molecule has 0 aromatic heterocycles. The van der Waals surface area contributed by atoms with Crippen molar-refractivity contribution in [2.24, 2.45) is 5.92 Å². The molecule has 3 aliphatic rings. The Bertz CT molecular complexity index is 993. The average Bonchev–Trinajstić information content (AvgIpc) is 3.04. The Kier molecular flexibility index (Phi) is 7.42. The van der Waals surface area contributed by atoms with Crippen LogP contribution in [-0.4, -0.2) is 103 Å². The molecule has 0 bridgehead atoms. The molecule has 4 rings (SSSR count). The summed E-state index contributed by atoms with van der Waals surface area (Å²) in [6.07, 6.45) is -5.96. The normalized spacial score (nSPS) is 42.2. The summed E-state index contributed by atoms with van der Waals surface area (Å²) in [5.74, 6) is -1.93. The van der Waals surface area contributed by atoms with Gasteiger partial charge >= 0.3 is 5.97 Å². The van der Waals surface area contributed by atoms with Crippen molar-refractivity contribution in [2.45, 2.75) is 67.6 Å². The second-order valence-corrected chi connectivity index (χ2v) is 9.38. The number of hydrogen-bond acceptors (Lipinski definition) is 12. The number of benzene rings is 1. The topological polar surface area (TPSA) is 196 Å². The van der Waals surface area contributed by atoms with E-state index in [1.54, 1.807) is 12.1 Å². The highest BCUT2D eigenvalue weighted by Crippen LogP contribution is 2.51. The van der Waals surface area contributed by atoms with Crippen LogP contribution in [0.5, 0.6) is 5.75 Å². The fourth-order valence-electron chi connectivity index (χ4n) is 4.94. The zero-order valence-corrected chi connectivity index (χ0v) is 19.3. The highest BCUT2D eigenvalue weighted by Gasteiger charge is 2.66. The predicted octanol–water partition coefficient (Wildman–Crippen LogP) is -1.49. The predicted molar refractivity (Wildman–Crippen MR) is 120 cm³/mol. The minimum atomic E-state index is -1.94. The van der Waals surface area contributed by atoms with E-state index in [0.717, 1.165) is 12.3 Å². The first-order chi connectivity index (χ1) is 17.0. The lowest BCUT2D eigenvalue weighted by molar-refractivity contribution is -0.351. The number of carbonyl (C=O) groups is 1. The van der Waals surface area contributed by atoms with Crippen LogP contribution in [0.1, 0.15) is 18.9 Å². The maximum absolute atomic E-state index is 12.7. The van der Waals surface area contributed by atoms with Gasteiger partial charge in [0.15, 0.2) is 6.29 Å². The van der Waals surface area contributed by atoms with Gasteiger partial charge in [-0.2, -0.15) is 0 Å². The summed E-state index contributed by atoms with van der Waals surface area (Å²) in [6, 6.07) is 6.07. The van der Waals surface area contributed by atoms with Gasteiger partial charge in [-0.15, -0.1) is 0 Å². The lowest BCUT2D eigenvalue weighted by Crippen LogP contribution is -2.62. The summed E-state index contributed by atoms with van der Waals surface area (Å²) in [5.41, 5.74) is -2.84. The van der Waals surface area contributed by atoms with Crippen molar-refractivity contribution in [1.82, 2.24) is 0 Å². The van der Waals surface area contributed by atoms with Crippen LogP contribution in [0.15, 0.2) is 42.7 Å². The standard InChI is InChI=1S/C24H30O12/c1-23(36-16(28)7-4-12-2-5-13(26)6-3-12)10-15(27)24(32)8-9-33-22(20(23)24)35-21-19(31)18(30)17(29)14(11-25)34-21/h2-9,14-15,17-22,25-27,29-32H,10-11H2,1H3/b7-4+/t14-,15-,17-,18+,19+,20-,21+,22+,23+,24+/m1/s1. The van der Waals surface area contributed by atoms with E-state index >= 15 is 0 Å². The van der Waals surface area contributed by atoms with Gasteiger partial charge in [0, 0.05) is 12.5 Å². The van der Waals surface area contributed by atoms with Crippen molar-refractivity contribution in [3.05, 3.63) is 48.2 Å². The molecule has 36 heavy (non-hydrogen) atoms. The van der Waals surface area contributed by atoms with Crippen LogP contribution in [0.3, 0.4) is 0 Å². The Morgan fingerprint density at radius 1 is 1.11 bits per heavy atom. The SMILES string of the molecule is C[C@]1(OC(=O)/C=C/c2ccc(O)cc2)C[C@@H](O)[C@@]2(O)C=CO[C@@H](O[C@@H]3O[C@H](CO)[C@@H](O)[C@H](O)[C@@H]3O)[C@@H]21. The fourth-order valence-corrected chi connectivity index (χ4v) is 4.94. The Morgan fingerprint density at radius 3 is 2.47 bits per heavy atom. The molecule has 2 heterocycles. The van der Waals surface area contributed by atoms with E-state index in [0.29, 0.717) is 5.56 Å². The van der Waals surface area contributed by atoms with Gasteiger partial charge in [-0.25, -0.2) is 4.79 Å². The number of hydrogen-bond donors (Lipinski definition) is 7. The van der Waals surface area contributed by atoms with Gasteiger partial charge in [-0.1, -0.05) is 12.1 Å². The summed E-state index contributed by atoms with van der Waals surface area (Å²) in [5, 5.41) is 71.1. The van der Waals surface area contributed by atoms with Crippen LogP contribution < -0.4 is 0 Å². The molecular weight excluding hydrogens is 480 g/mol. The van der Waals surface area contributed by atoms with E-state index in [9.17, 15) is 40.5 Å². The van der Waals surface area contributed by atoms with Crippen molar-refractivity contribution >= 4 is 12.0 Å². The highest BCUT2D eigenvalue weighted by atomic mass is 16.8. The van der Waals surface area contributed by atoms with Crippen LogP contribution in [0.2, 0.25) is 0 Å². The Hall–Kier alpha value is -2.55. The van der Waals surface area contributed by atoms with Crippen molar-refractivity contribution in [1.29, 1.82) is 0 Å². The fraction of sp³-hybridized carbons (Fsp3) is 0.542. The third kappa shape index (κ3) is 4.86. The van der Waals surface area contributed by atoms with E-state index in [4.69, 9.17) is 18.9 Å². The molecular formula is C24H30O12. The number of ether oxygens (including phenoxy) is 4. The molecule has 1 aromatic rings. The van der Waals surface area contributed by atoms with Gasteiger partial charge in [0.2, 0.25) is 6.29 Å². The first-order valence-electron chi connectivity index (χ1n) is 11.4. The molecule has 1 aliphatic carbocycles. The van der Waals surface area contributed by atoms with Crippen LogP contribution in [0.4, 0.5) is 0 Å². The highest BCUT2D eigenvalue weighted by molar-refractivity contribution is 5.87. The van der Waals surface area contributed by atoms with Crippen molar-refractivity contribution in [3.63, 3.8) is 0 Å². The molecule has 1 aromatic carbocycles. The summed E-state index contributed by atoms with van der Waals surface area (Å²) >= 11 is 0. The van der Waals surface area contributed by atoms with Crippen molar-refractivity contribution in [3.8, 4) is 5.75 Å². The molecule has 12 nitrogen and oxygen atoms in total. The summed E-state index contributed by atoms with van der Waals surface area (Å²) in [4.78, 5) is 12.7. The number of esters is 1. The smallest absolute Gasteiger partial charge is 0.331 e. The van der Waals surface area contributed by atoms with Gasteiger partial charge < -0.3 is 54.7 Å². The molecule has 198 valence electrons. The number of aromatic hydroxyl groups is 1. The largest absolute Gasteiger partial charge is 0.508 e. The van der Waals surface area contributed by atoms with E-state index in [-0.39, 0.29) is 12.2 Å². The Balaban J connectivity index is 1.54. The second kappa shape index (κ2) is 10.1. The molecule has 0 spiro atoms. The lowest BCUT2D eigenvalue weighted by Gasteiger charge is -2.45. The first kappa shape index (κ1) is 26.5. The molecule has 1 saturated carbocycles. The molecule has 1 saturated heterocycles. The minimum Gasteiger partial charge on any atom is -0.508 e. The number of rotatable bonds is 6. The lowest BCUT2D eigenvalue weighted by atomic mass is 9.81. The number of aliphatic hydroxyl groups is 6. The van der Waals surface area contributed by atoms with Gasteiger partial charge in [-0.05, 0) is 36.8 Å². The number of phenolic OH excluding ortho intramolecular Hbond substituents is 1. The summed E-state index contributed by atoms with van der Waals surface area (Å²) < 4.78 is 22.2. The third-order valence-electron chi connectivity index (χ3n) is 6.86. The minimum absolute atomic E-state index is 0.0669. The Morgan fingerprint density at radius 2 is 1.81 bits per heavy atom. The number of phenols is 1. The van der Waals surface area contributed by atoms with Crippen LogP contribution in [0.25, 0.3) is 6.08 Å². The van der Waals surface area contributed by atoms with Gasteiger partial charge in [0.05, 0.1) is 24.9 Å². The molecule has 0 amide bonds. The van der Waals surface area contributed by atoms with Gasteiger partial charge in [-0.3, -0.25) is 0 Å². The quantitative estimate of drug-likeness (QED) is 0.173. The van der Waals surface area contributed by atoms with Crippen molar-refractivity contribution < 1.29 is 59.5 Å². The van der Waals surface area contributed by atoms with Gasteiger partial charge in [0.25, 0.3) is 0 Å². The monoisotopic (exact) mass is 510 g/mol. The third-order valence-corrected chi connectivity index (χ3v) is 6.86. The molecule has 12 heteroatoms. The van der Waals surface area contributed by atoms with Crippen LogP contribution in [0, 0.1) is 5.92 Å². The molecule has 2 fully saturated rings. The number of fused-ring (bicyclic) bond motifs is 1.